The molecule has 0 aliphatic heterocycles. The highest BCUT2D eigenvalue weighted by Gasteiger charge is 2.24. The van der Waals surface area contributed by atoms with Gasteiger partial charge in [-0.05, 0) is 73.7 Å². The zero-order valence-electron chi connectivity index (χ0n) is 23.3. The number of rotatable bonds is 13. The number of benzene rings is 1. The third-order valence-electron chi connectivity index (χ3n) is 5.89. The van der Waals surface area contributed by atoms with Crippen LogP contribution in [-0.2, 0) is 16.4 Å². The minimum atomic E-state index is -4.34. The van der Waals surface area contributed by atoms with Crippen molar-refractivity contribution in [3.8, 4) is 22.9 Å². The number of nitrogens with two attached hydrogens (primary N) is 1. The van der Waals surface area contributed by atoms with E-state index < -0.39 is 26.8 Å². The third-order valence-corrected chi connectivity index (χ3v) is 7.13. The van der Waals surface area contributed by atoms with Gasteiger partial charge in [0.1, 0.15) is 22.9 Å². The van der Waals surface area contributed by atoms with Crippen molar-refractivity contribution in [2.45, 2.75) is 38.1 Å². The molecule has 0 bridgehead atoms. The number of carbonyl (C=O) groups is 1. The highest BCUT2D eigenvalue weighted by Crippen LogP contribution is 2.28. The minimum absolute atomic E-state index is 0.0158. The lowest BCUT2D eigenvalue weighted by atomic mass is 10.1. The number of aromatic nitrogens is 3. The van der Waals surface area contributed by atoms with E-state index in [9.17, 15) is 17.6 Å². The van der Waals surface area contributed by atoms with Crippen LogP contribution in [0.1, 0.15) is 42.7 Å². The molecule has 4 aromatic rings. The molecule has 42 heavy (non-hydrogen) atoms. The van der Waals surface area contributed by atoms with Gasteiger partial charge >= 0.3 is 0 Å². The highest BCUT2D eigenvalue weighted by atomic mass is 32.2. The Bertz CT molecular complexity index is 1630. The van der Waals surface area contributed by atoms with Crippen molar-refractivity contribution in [1.82, 2.24) is 19.7 Å². The van der Waals surface area contributed by atoms with Crippen LogP contribution in [0.15, 0.2) is 78.0 Å². The number of nitrogens with one attached hydrogen (secondary N) is 1. The van der Waals surface area contributed by atoms with Crippen LogP contribution in [0.5, 0.6) is 11.6 Å². The van der Waals surface area contributed by atoms with Gasteiger partial charge in [0.2, 0.25) is 5.88 Å². The van der Waals surface area contributed by atoms with Crippen LogP contribution < -0.4 is 19.9 Å². The van der Waals surface area contributed by atoms with Crippen molar-refractivity contribution in [2.75, 3.05) is 18.9 Å². The topological polar surface area (TPSA) is 146 Å². The molecule has 4 rings (SSSR count). The van der Waals surface area contributed by atoms with Crippen molar-refractivity contribution < 1.29 is 27.1 Å². The second-order valence-corrected chi connectivity index (χ2v) is 11.5. The normalized spacial score (nSPS) is 11.3. The lowest BCUT2D eigenvalue weighted by Gasteiger charge is -2.14. The summed E-state index contributed by atoms with van der Waals surface area (Å²) in [5, 5.41) is -0.411. The molecule has 0 aliphatic rings. The van der Waals surface area contributed by atoms with Crippen LogP contribution in [-0.4, -0.2) is 42.5 Å². The molecule has 3 aromatic heterocycles. The zero-order chi connectivity index (χ0) is 30.1. The van der Waals surface area contributed by atoms with Crippen LogP contribution in [0.4, 0.5) is 10.2 Å². The number of nitrogens with zero attached hydrogens (tertiary/aromatic N) is 3. The van der Waals surface area contributed by atoms with E-state index in [1.54, 1.807) is 12.3 Å². The van der Waals surface area contributed by atoms with Gasteiger partial charge in [-0.2, -0.15) is 8.42 Å². The number of hydrogen-bond acceptors (Lipinski definition) is 9. The van der Waals surface area contributed by atoms with Crippen molar-refractivity contribution >= 4 is 21.7 Å². The highest BCUT2D eigenvalue weighted by molar-refractivity contribution is 7.90. The number of amides is 1. The summed E-state index contributed by atoms with van der Waals surface area (Å²) in [6.07, 6.45) is 3.83. The smallest absolute Gasteiger partial charge is 0.281 e. The Morgan fingerprint density at radius 2 is 1.83 bits per heavy atom. The van der Waals surface area contributed by atoms with Gasteiger partial charge in [0.15, 0.2) is 5.03 Å². The Balaban J connectivity index is 1.58. The standard InChI is InChI=1S/C30H32FN5O5S/c1-20(2)19-41-24-17-21(16-22(31)18-24)26-13-12-25(29(37)36-42(38,39)28-11-7-10-27(32)35-28)30(34-26)40-15-6-4-9-23-8-3-5-14-33-23/h3,5,7-8,10-14,16-18,20H,4,6,9,15,19H2,1-2H3,(H2,32,35)(H,36,37). The zero-order valence-corrected chi connectivity index (χ0v) is 24.1. The van der Waals surface area contributed by atoms with Gasteiger partial charge < -0.3 is 15.2 Å². The second-order valence-electron chi connectivity index (χ2n) is 9.89. The quantitative estimate of drug-likeness (QED) is 0.208. The predicted octanol–water partition coefficient (Wildman–Crippen LogP) is 4.82. The van der Waals surface area contributed by atoms with E-state index in [1.807, 2.05) is 36.8 Å². The summed E-state index contributed by atoms with van der Waals surface area (Å²) in [7, 11) is -4.34. The van der Waals surface area contributed by atoms with E-state index in [-0.39, 0.29) is 29.8 Å². The summed E-state index contributed by atoms with van der Waals surface area (Å²) in [5.74, 6) is -1.04. The number of hydrogen-bond donors (Lipinski definition) is 2. The average molecular weight is 594 g/mol. The number of nitrogen functional groups attached to an aromatic ring is 1. The predicted molar refractivity (Wildman–Crippen MR) is 156 cm³/mol. The summed E-state index contributed by atoms with van der Waals surface area (Å²) in [6, 6.07) is 16.8. The Morgan fingerprint density at radius 3 is 2.57 bits per heavy atom. The summed E-state index contributed by atoms with van der Waals surface area (Å²) in [6.45, 7) is 4.56. The number of ether oxygens (including phenoxy) is 2. The van der Waals surface area contributed by atoms with E-state index in [4.69, 9.17) is 15.2 Å². The van der Waals surface area contributed by atoms with Crippen LogP contribution in [0.3, 0.4) is 0 Å². The molecule has 0 unspecified atom stereocenters. The molecule has 0 atom stereocenters. The number of pyridine rings is 3. The van der Waals surface area contributed by atoms with Gasteiger partial charge in [-0.25, -0.2) is 19.1 Å². The molecule has 3 N–H and O–H groups in total. The molecule has 1 amide bonds. The summed E-state index contributed by atoms with van der Waals surface area (Å²) in [5.41, 5.74) is 7.14. The SMILES string of the molecule is CC(C)COc1cc(F)cc(-c2ccc(C(=O)NS(=O)(=O)c3cccc(N)n3)c(OCCCCc3ccccn3)n2)c1. The first-order valence-corrected chi connectivity index (χ1v) is 14.9. The Labute approximate surface area is 244 Å². The maximum atomic E-state index is 14.5. The number of halogens is 1. The Hall–Kier alpha value is -4.58. The molecule has 220 valence electrons. The van der Waals surface area contributed by atoms with Crippen LogP contribution in [0.25, 0.3) is 11.3 Å². The van der Waals surface area contributed by atoms with E-state index in [0.717, 1.165) is 18.5 Å². The molecule has 0 fully saturated rings. The van der Waals surface area contributed by atoms with E-state index in [1.165, 1.54) is 42.5 Å². The number of aryl methyl sites for hydroxylation is 1. The first-order chi connectivity index (χ1) is 20.1. The van der Waals surface area contributed by atoms with Crippen LogP contribution in [0.2, 0.25) is 0 Å². The average Bonchev–Trinajstić information content (AvgIpc) is 2.96. The lowest BCUT2D eigenvalue weighted by molar-refractivity contribution is 0.0976. The molecule has 0 spiro atoms. The van der Waals surface area contributed by atoms with Gasteiger partial charge in [0, 0.05) is 23.5 Å². The fraction of sp³-hybridized carbons (Fsp3) is 0.267. The molecule has 0 saturated carbocycles. The number of sulfonamides is 1. The first kappa shape index (κ1) is 30.4. The summed E-state index contributed by atoms with van der Waals surface area (Å²) < 4.78 is 53.7. The molecule has 0 aliphatic carbocycles. The first-order valence-electron chi connectivity index (χ1n) is 13.4. The Morgan fingerprint density at radius 1 is 1.00 bits per heavy atom. The largest absolute Gasteiger partial charge is 0.493 e. The van der Waals surface area contributed by atoms with E-state index in [0.29, 0.717) is 30.0 Å². The molecule has 1 aromatic carbocycles. The number of carbonyl (C=O) groups excluding carboxylic acids is 1. The minimum Gasteiger partial charge on any atom is -0.493 e. The van der Waals surface area contributed by atoms with Gasteiger partial charge in [-0.1, -0.05) is 26.0 Å². The Kier molecular flexibility index (Phi) is 10.0. The molecule has 0 saturated heterocycles. The maximum absolute atomic E-state index is 14.5. The van der Waals surface area contributed by atoms with Gasteiger partial charge in [-0.15, -0.1) is 0 Å². The van der Waals surface area contributed by atoms with Crippen molar-refractivity contribution in [3.63, 3.8) is 0 Å². The van der Waals surface area contributed by atoms with Crippen molar-refractivity contribution in [3.05, 3.63) is 90.0 Å². The van der Waals surface area contributed by atoms with Crippen LogP contribution >= 0.6 is 0 Å². The van der Waals surface area contributed by atoms with Crippen molar-refractivity contribution in [2.24, 2.45) is 5.92 Å². The van der Waals surface area contributed by atoms with E-state index in [2.05, 4.69) is 15.0 Å². The number of anilines is 1. The molecular formula is C30H32FN5O5S. The van der Waals surface area contributed by atoms with Gasteiger partial charge in [0.25, 0.3) is 15.9 Å². The van der Waals surface area contributed by atoms with Crippen LogP contribution in [0, 0.1) is 11.7 Å². The summed E-state index contributed by atoms with van der Waals surface area (Å²) in [4.78, 5) is 25.7. The fourth-order valence-electron chi connectivity index (χ4n) is 3.87. The monoisotopic (exact) mass is 593 g/mol. The van der Waals surface area contributed by atoms with Gasteiger partial charge in [0.05, 0.1) is 18.9 Å². The molecule has 0 radical (unpaired) electrons. The van der Waals surface area contributed by atoms with E-state index >= 15 is 0 Å². The third kappa shape index (κ3) is 8.46. The molecule has 12 heteroatoms. The molecule has 10 nitrogen and oxygen atoms in total. The number of unbranched alkanes of at least 4 members (excludes halogenated alkanes) is 1. The van der Waals surface area contributed by atoms with Crippen molar-refractivity contribution in [1.29, 1.82) is 0 Å². The fourth-order valence-corrected chi connectivity index (χ4v) is 4.82. The second kappa shape index (κ2) is 13.9. The lowest BCUT2D eigenvalue weighted by Crippen LogP contribution is -2.31. The van der Waals surface area contributed by atoms with Gasteiger partial charge in [-0.3, -0.25) is 9.78 Å². The summed E-state index contributed by atoms with van der Waals surface area (Å²) >= 11 is 0. The molecular weight excluding hydrogens is 561 g/mol. The maximum Gasteiger partial charge on any atom is 0.281 e. The molecule has 3 heterocycles.